The van der Waals surface area contributed by atoms with Gasteiger partial charge >= 0.3 is 6.18 Å². The molecular weight excluding hydrogens is 347 g/mol. The van der Waals surface area contributed by atoms with E-state index in [2.05, 4.69) is 4.72 Å². The van der Waals surface area contributed by atoms with Crippen molar-refractivity contribution >= 4 is 15.9 Å². The molecule has 0 saturated carbocycles. The predicted molar refractivity (Wildman–Crippen MR) is 84.9 cm³/mol. The van der Waals surface area contributed by atoms with Crippen molar-refractivity contribution in [3.63, 3.8) is 0 Å². The van der Waals surface area contributed by atoms with Gasteiger partial charge in [0.1, 0.15) is 6.54 Å². The van der Waals surface area contributed by atoms with Gasteiger partial charge in [0, 0.05) is 19.1 Å². The van der Waals surface area contributed by atoms with Crippen LogP contribution in [0.1, 0.15) is 26.7 Å². The first-order valence-electron chi connectivity index (χ1n) is 7.90. The lowest BCUT2D eigenvalue weighted by Gasteiger charge is -2.34. The van der Waals surface area contributed by atoms with Gasteiger partial charge in [0.25, 0.3) is 0 Å². The molecule has 1 aliphatic rings. The maximum Gasteiger partial charge on any atom is 0.406 e. The Hall–Kier alpha value is -0.870. The molecule has 1 N–H and O–H groups in total. The van der Waals surface area contributed by atoms with Crippen LogP contribution in [0.5, 0.6) is 0 Å². The first-order valence-corrected chi connectivity index (χ1v) is 9.79. The summed E-state index contributed by atoms with van der Waals surface area (Å²) in [6.45, 7) is 3.04. The Bertz CT molecular complexity index is 523. The minimum Gasteiger partial charge on any atom is -0.332 e. The lowest BCUT2D eigenvalue weighted by atomic mass is 10.1. The Morgan fingerprint density at radius 2 is 2.00 bits per heavy atom. The average molecular weight is 373 g/mol. The number of rotatable bonds is 7. The summed E-state index contributed by atoms with van der Waals surface area (Å²) in [7, 11) is -3.35. The molecule has 0 spiro atoms. The first-order chi connectivity index (χ1) is 10.9. The van der Waals surface area contributed by atoms with Crippen LogP contribution >= 0.6 is 0 Å². The van der Waals surface area contributed by atoms with Crippen LogP contribution in [-0.4, -0.2) is 75.3 Å². The van der Waals surface area contributed by atoms with E-state index in [1.54, 1.807) is 18.7 Å². The van der Waals surface area contributed by atoms with Crippen LogP contribution in [0, 0.1) is 5.92 Å². The van der Waals surface area contributed by atoms with Gasteiger partial charge in [0.05, 0.1) is 12.8 Å². The summed E-state index contributed by atoms with van der Waals surface area (Å²) in [6, 6.07) is -0.317. The smallest absolute Gasteiger partial charge is 0.332 e. The van der Waals surface area contributed by atoms with Crippen molar-refractivity contribution in [2.75, 3.05) is 39.0 Å². The molecule has 0 aromatic carbocycles. The van der Waals surface area contributed by atoms with Crippen LogP contribution in [-0.2, 0) is 14.8 Å². The van der Waals surface area contributed by atoms with Crippen molar-refractivity contribution in [3.05, 3.63) is 0 Å². The third-order valence-electron chi connectivity index (χ3n) is 3.55. The fourth-order valence-electron chi connectivity index (χ4n) is 2.80. The molecule has 0 bridgehead atoms. The third-order valence-corrected chi connectivity index (χ3v) is 4.31. The van der Waals surface area contributed by atoms with Crippen LogP contribution in [0.15, 0.2) is 0 Å². The number of hydrogen-bond acceptors (Lipinski definition) is 4. The van der Waals surface area contributed by atoms with Gasteiger partial charge in [-0.2, -0.15) is 13.2 Å². The van der Waals surface area contributed by atoms with Gasteiger partial charge in [-0.05, 0) is 25.3 Å². The minimum atomic E-state index is -4.44. The molecule has 1 heterocycles. The van der Waals surface area contributed by atoms with Crippen LogP contribution < -0.4 is 4.72 Å². The highest BCUT2D eigenvalue weighted by molar-refractivity contribution is 7.88. The van der Waals surface area contributed by atoms with Crippen LogP contribution in [0.25, 0.3) is 0 Å². The maximum atomic E-state index is 12.7. The highest BCUT2D eigenvalue weighted by Crippen LogP contribution is 2.18. The second-order valence-corrected chi connectivity index (χ2v) is 8.53. The van der Waals surface area contributed by atoms with E-state index < -0.39 is 28.7 Å². The van der Waals surface area contributed by atoms with Crippen molar-refractivity contribution in [2.45, 2.75) is 38.9 Å². The topological polar surface area (TPSA) is 69.7 Å². The molecule has 0 aromatic rings. The van der Waals surface area contributed by atoms with E-state index >= 15 is 0 Å². The molecule has 10 heteroatoms. The molecule has 1 saturated heterocycles. The summed E-state index contributed by atoms with van der Waals surface area (Å²) in [5.74, 6) is -0.654. The van der Waals surface area contributed by atoms with Gasteiger partial charge in [-0.1, -0.05) is 13.8 Å². The van der Waals surface area contributed by atoms with E-state index in [4.69, 9.17) is 0 Å². The second-order valence-electron chi connectivity index (χ2n) is 6.75. The molecule has 0 aliphatic carbocycles. The fraction of sp³-hybridized carbons (Fsp3) is 0.929. The number of hydrogen-bond donors (Lipinski definition) is 1. The zero-order valence-corrected chi connectivity index (χ0v) is 15.1. The number of amides is 1. The van der Waals surface area contributed by atoms with Crippen molar-refractivity contribution in [2.24, 2.45) is 5.92 Å². The normalized spacial score (nSPS) is 20.4. The van der Waals surface area contributed by atoms with Gasteiger partial charge < -0.3 is 4.90 Å². The molecule has 0 aromatic heterocycles. The molecule has 1 unspecified atom stereocenters. The standard InChI is InChI=1S/C14H26F3N3O3S/c1-11(2)7-20(10-14(15,16)17)13(21)9-19-6-4-5-12(8-19)18-24(3,22)23/h11-12,18H,4-10H2,1-3H3. The molecule has 6 nitrogen and oxygen atoms in total. The Morgan fingerprint density at radius 3 is 2.50 bits per heavy atom. The van der Waals surface area contributed by atoms with Crippen molar-refractivity contribution in [3.8, 4) is 0 Å². The highest BCUT2D eigenvalue weighted by atomic mass is 32.2. The van der Waals surface area contributed by atoms with E-state index in [9.17, 15) is 26.4 Å². The van der Waals surface area contributed by atoms with E-state index in [1.807, 2.05) is 0 Å². The lowest BCUT2D eigenvalue weighted by molar-refractivity contribution is -0.162. The molecule has 1 fully saturated rings. The number of sulfonamides is 1. The highest BCUT2D eigenvalue weighted by Gasteiger charge is 2.34. The summed E-state index contributed by atoms with van der Waals surface area (Å²) in [6.07, 6.45) is -2.04. The monoisotopic (exact) mass is 373 g/mol. The fourth-order valence-corrected chi connectivity index (χ4v) is 3.60. The third kappa shape index (κ3) is 8.84. The lowest BCUT2D eigenvalue weighted by Crippen LogP contribution is -2.51. The van der Waals surface area contributed by atoms with Crippen LogP contribution in [0.4, 0.5) is 13.2 Å². The van der Waals surface area contributed by atoms with Crippen LogP contribution in [0.2, 0.25) is 0 Å². The minimum absolute atomic E-state index is 0.0389. The Kier molecular flexibility index (Phi) is 7.48. The number of nitrogens with zero attached hydrogens (tertiary/aromatic N) is 2. The van der Waals surface area contributed by atoms with Gasteiger partial charge in [0.2, 0.25) is 15.9 Å². The number of nitrogens with one attached hydrogen (secondary N) is 1. The van der Waals surface area contributed by atoms with Gasteiger partial charge in [-0.15, -0.1) is 0 Å². The van der Waals surface area contributed by atoms with Gasteiger partial charge in [-0.25, -0.2) is 13.1 Å². The molecule has 1 amide bonds. The molecular formula is C14H26F3N3O3S. The zero-order chi connectivity index (χ0) is 18.5. The van der Waals surface area contributed by atoms with Gasteiger partial charge in [-0.3, -0.25) is 9.69 Å². The van der Waals surface area contributed by atoms with Crippen molar-refractivity contribution in [1.29, 1.82) is 0 Å². The van der Waals surface area contributed by atoms with E-state index in [0.717, 1.165) is 11.2 Å². The van der Waals surface area contributed by atoms with Gasteiger partial charge in [0.15, 0.2) is 0 Å². The quantitative estimate of drug-likeness (QED) is 0.724. The average Bonchev–Trinajstić information content (AvgIpc) is 2.33. The van der Waals surface area contributed by atoms with Crippen molar-refractivity contribution in [1.82, 2.24) is 14.5 Å². The van der Waals surface area contributed by atoms with E-state index in [-0.39, 0.29) is 25.0 Å². The SMILES string of the molecule is CC(C)CN(CC(F)(F)F)C(=O)CN1CCCC(NS(C)(=O)=O)C1. The number of alkyl halides is 3. The van der Waals surface area contributed by atoms with E-state index in [1.165, 1.54) is 0 Å². The molecule has 1 atom stereocenters. The molecule has 24 heavy (non-hydrogen) atoms. The second kappa shape index (κ2) is 8.48. The summed E-state index contributed by atoms with van der Waals surface area (Å²) >= 11 is 0. The van der Waals surface area contributed by atoms with E-state index in [0.29, 0.717) is 25.9 Å². The Balaban J connectivity index is 2.65. The summed E-state index contributed by atoms with van der Waals surface area (Å²) in [5, 5.41) is 0. The number of piperidine rings is 1. The molecule has 0 radical (unpaired) electrons. The predicted octanol–water partition coefficient (Wildman–Crippen LogP) is 1.05. The van der Waals surface area contributed by atoms with Crippen LogP contribution in [0.3, 0.4) is 0 Å². The molecule has 142 valence electrons. The number of carbonyl (C=O) groups is 1. The maximum absolute atomic E-state index is 12.7. The number of halogens is 3. The molecule has 1 rings (SSSR count). The number of likely N-dealkylation sites (tertiary alicyclic amines) is 1. The van der Waals surface area contributed by atoms with Crippen molar-refractivity contribution < 1.29 is 26.4 Å². The Morgan fingerprint density at radius 1 is 1.38 bits per heavy atom. The Labute approximate surface area is 141 Å². The largest absolute Gasteiger partial charge is 0.406 e. The zero-order valence-electron chi connectivity index (χ0n) is 14.3. The summed E-state index contributed by atoms with van der Waals surface area (Å²) in [5.41, 5.74) is 0. The number of carbonyl (C=O) groups excluding carboxylic acids is 1. The first kappa shape index (κ1) is 21.2. The summed E-state index contributed by atoms with van der Waals surface area (Å²) < 4.78 is 63.0. The molecule has 1 aliphatic heterocycles. The summed E-state index contributed by atoms with van der Waals surface area (Å²) in [4.78, 5) is 14.8.